The number of amides is 1. The number of carbonyl (C=O) groups excluding carboxylic acids is 1. The second-order valence-corrected chi connectivity index (χ2v) is 6.07. The highest BCUT2D eigenvalue weighted by atomic mass is 16.5. The van der Waals surface area contributed by atoms with E-state index in [9.17, 15) is 4.79 Å². The van der Waals surface area contributed by atoms with Crippen molar-refractivity contribution in [1.29, 1.82) is 0 Å². The summed E-state index contributed by atoms with van der Waals surface area (Å²) in [5.74, 6) is 0.984. The average molecular weight is 305 g/mol. The van der Waals surface area contributed by atoms with Gasteiger partial charge in [0.05, 0.1) is 0 Å². The third kappa shape index (κ3) is 6.03. The van der Waals surface area contributed by atoms with E-state index in [1.165, 1.54) is 6.42 Å². The molecule has 22 heavy (non-hydrogen) atoms. The Balaban J connectivity index is 1.68. The molecule has 0 aromatic heterocycles. The first kappa shape index (κ1) is 16.8. The predicted molar refractivity (Wildman–Crippen MR) is 88.0 cm³/mol. The molecule has 1 aliphatic heterocycles. The van der Waals surface area contributed by atoms with Crippen molar-refractivity contribution in [3.63, 3.8) is 0 Å². The number of nitrogens with zero attached hydrogens (tertiary/aromatic N) is 1. The van der Waals surface area contributed by atoms with Gasteiger partial charge in [-0.25, -0.2) is 0 Å². The molecule has 1 aliphatic rings. The molecule has 2 rings (SSSR count). The first-order valence-corrected chi connectivity index (χ1v) is 8.00. The number of hydrogen-bond acceptors (Lipinski definition) is 4. The smallest absolute Gasteiger partial charge is 0.221 e. The van der Waals surface area contributed by atoms with Gasteiger partial charge in [0.15, 0.2) is 0 Å². The quantitative estimate of drug-likeness (QED) is 0.762. The van der Waals surface area contributed by atoms with E-state index in [-0.39, 0.29) is 5.91 Å². The predicted octanol–water partition coefficient (Wildman–Crippen LogP) is 1.39. The zero-order valence-electron chi connectivity index (χ0n) is 13.6. The Labute approximate surface area is 133 Å². The standard InChI is InChI=1S/C17H27N3O2/c1-20(2)10-11-22-16-7-5-14(6-8-16)13-19-17(21)12-15-4-3-9-18-15/h5-8,15,18H,3-4,9-13H2,1-2H3,(H,19,21). The minimum atomic E-state index is 0.116. The summed E-state index contributed by atoms with van der Waals surface area (Å²) in [6.07, 6.45) is 2.85. The SMILES string of the molecule is CN(C)CCOc1ccc(CNC(=O)CC2CCCN2)cc1. The van der Waals surface area contributed by atoms with Gasteiger partial charge in [0.25, 0.3) is 0 Å². The van der Waals surface area contributed by atoms with Crippen LogP contribution in [0, 0.1) is 0 Å². The lowest BCUT2D eigenvalue weighted by Gasteiger charge is -2.12. The van der Waals surface area contributed by atoms with Crippen molar-refractivity contribution in [1.82, 2.24) is 15.5 Å². The van der Waals surface area contributed by atoms with Gasteiger partial charge in [-0.2, -0.15) is 0 Å². The van der Waals surface area contributed by atoms with Gasteiger partial charge >= 0.3 is 0 Å². The van der Waals surface area contributed by atoms with Crippen LogP contribution in [0.1, 0.15) is 24.8 Å². The van der Waals surface area contributed by atoms with E-state index >= 15 is 0 Å². The van der Waals surface area contributed by atoms with E-state index < -0.39 is 0 Å². The van der Waals surface area contributed by atoms with Gasteiger partial charge in [-0.3, -0.25) is 4.79 Å². The molecule has 122 valence electrons. The maximum atomic E-state index is 11.9. The molecule has 5 heteroatoms. The van der Waals surface area contributed by atoms with Crippen LogP contribution in [0.4, 0.5) is 0 Å². The molecule has 0 saturated carbocycles. The Morgan fingerprint density at radius 1 is 1.36 bits per heavy atom. The summed E-state index contributed by atoms with van der Waals surface area (Å²) in [6.45, 7) is 3.18. The summed E-state index contributed by atoms with van der Waals surface area (Å²) in [4.78, 5) is 14.0. The second-order valence-electron chi connectivity index (χ2n) is 6.07. The first-order valence-electron chi connectivity index (χ1n) is 8.00. The van der Waals surface area contributed by atoms with Crippen molar-refractivity contribution in [3.05, 3.63) is 29.8 Å². The van der Waals surface area contributed by atoms with Crippen LogP contribution in [0.15, 0.2) is 24.3 Å². The monoisotopic (exact) mass is 305 g/mol. The van der Waals surface area contributed by atoms with E-state index in [0.717, 1.165) is 30.8 Å². The molecule has 0 radical (unpaired) electrons. The van der Waals surface area contributed by atoms with E-state index in [1.54, 1.807) is 0 Å². The molecule has 5 nitrogen and oxygen atoms in total. The van der Waals surface area contributed by atoms with E-state index in [1.807, 2.05) is 38.4 Å². The number of nitrogens with one attached hydrogen (secondary N) is 2. The summed E-state index contributed by atoms with van der Waals surface area (Å²) in [6, 6.07) is 8.26. The molecule has 1 amide bonds. The molecule has 1 unspecified atom stereocenters. The largest absolute Gasteiger partial charge is 0.492 e. The van der Waals surface area contributed by atoms with Crippen LogP contribution >= 0.6 is 0 Å². The lowest BCUT2D eigenvalue weighted by atomic mass is 10.1. The molecule has 0 spiro atoms. The normalized spacial score (nSPS) is 17.7. The summed E-state index contributed by atoms with van der Waals surface area (Å²) in [7, 11) is 4.05. The fourth-order valence-corrected chi connectivity index (χ4v) is 2.48. The minimum absolute atomic E-state index is 0.116. The number of benzene rings is 1. The van der Waals surface area contributed by atoms with E-state index in [0.29, 0.717) is 25.6 Å². The van der Waals surface area contributed by atoms with Gasteiger partial charge in [-0.15, -0.1) is 0 Å². The van der Waals surface area contributed by atoms with Crippen LogP contribution < -0.4 is 15.4 Å². The van der Waals surface area contributed by atoms with Crippen LogP contribution in [-0.2, 0) is 11.3 Å². The topological polar surface area (TPSA) is 53.6 Å². The molecule has 1 atom stereocenters. The summed E-state index contributed by atoms with van der Waals surface area (Å²) < 4.78 is 5.65. The van der Waals surface area contributed by atoms with Crippen molar-refractivity contribution in [3.8, 4) is 5.75 Å². The highest BCUT2D eigenvalue weighted by Crippen LogP contribution is 2.12. The Hall–Kier alpha value is -1.59. The van der Waals surface area contributed by atoms with Gasteiger partial charge in [-0.1, -0.05) is 12.1 Å². The maximum absolute atomic E-state index is 11.9. The number of rotatable bonds is 8. The molecule has 0 bridgehead atoms. The summed E-state index contributed by atoms with van der Waals surface area (Å²) in [5.41, 5.74) is 1.09. The Morgan fingerprint density at radius 3 is 2.77 bits per heavy atom. The molecule has 1 aromatic rings. The van der Waals surface area contributed by atoms with Crippen LogP contribution in [0.3, 0.4) is 0 Å². The van der Waals surface area contributed by atoms with Crippen molar-refractivity contribution in [2.24, 2.45) is 0 Å². The van der Waals surface area contributed by atoms with Crippen molar-refractivity contribution >= 4 is 5.91 Å². The molecule has 1 aromatic carbocycles. The Kier molecular flexibility index (Phi) is 6.68. The van der Waals surface area contributed by atoms with Crippen LogP contribution in [0.2, 0.25) is 0 Å². The van der Waals surface area contributed by atoms with Crippen molar-refractivity contribution in [2.45, 2.75) is 31.8 Å². The molecule has 1 heterocycles. The lowest BCUT2D eigenvalue weighted by Crippen LogP contribution is -2.31. The van der Waals surface area contributed by atoms with Gasteiger partial charge in [0.2, 0.25) is 5.91 Å². The minimum Gasteiger partial charge on any atom is -0.492 e. The molecule has 2 N–H and O–H groups in total. The zero-order valence-corrected chi connectivity index (χ0v) is 13.6. The number of hydrogen-bond donors (Lipinski definition) is 2. The highest BCUT2D eigenvalue weighted by molar-refractivity contribution is 5.76. The molecule has 1 fully saturated rings. The zero-order chi connectivity index (χ0) is 15.8. The van der Waals surface area contributed by atoms with E-state index in [4.69, 9.17) is 4.74 Å². The Bertz CT molecular complexity index is 453. The molecule has 1 saturated heterocycles. The number of carbonyl (C=O) groups is 1. The third-order valence-corrected chi connectivity index (χ3v) is 3.81. The fraction of sp³-hybridized carbons (Fsp3) is 0.588. The average Bonchev–Trinajstić information content (AvgIpc) is 2.99. The molecular weight excluding hydrogens is 278 g/mol. The third-order valence-electron chi connectivity index (χ3n) is 3.81. The van der Waals surface area contributed by atoms with Gasteiger partial charge in [0.1, 0.15) is 12.4 Å². The summed E-state index contributed by atoms with van der Waals surface area (Å²) in [5, 5.41) is 6.32. The van der Waals surface area contributed by atoms with Crippen molar-refractivity contribution in [2.75, 3.05) is 33.8 Å². The highest BCUT2D eigenvalue weighted by Gasteiger charge is 2.17. The number of likely N-dealkylation sites (N-methyl/N-ethyl adjacent to an activating group) is 1. The van der Waals surface area contributed by atoms with Crippen LogP contribution in [-0.4, -0.2) is 50.6 Å². The van der Waals surface area contributed by atoms with Gasteiger partial charge in [-0.05, 0) is 51.2 Å². The number of ether oxygens (including phenoxy) is 1. The molecular formula is C17H27N3O2. The Morgan fingerprint density at radius 2 is 2.14 bits per heavy atom. The lowest BCUT2D eigenvalue weighted by molar-refractivity contribution is -0.121. The molecule has 0 aliphatic carbocycles. The fourth-order valence-electron chi connectivity index (χ4n) is 2.48. The second kappa shape index (κ2) is 8.76. The van der Waals surface area contributed by atoms with Crippen LogP contribution in [0.25, 0.3) is 0 Å². The maximum Gasteiger partial charge on any atom is 0.221 e. The summed E-state index contributed by atoms with van der Waals surface area (Å²) >= 11 is 0. The van der Waals surface area contributed by atoms with E-state index in [2.05, 4.69) is 15.5 Å². The van der Waals surface area contributed by atoms with Crippen molar-refractivity contribution < 1.29 is 9.53 Å². The van der Waals surface area contributed by atoms with Crippen LogP contribution in [0.5, 0.6) is 5.75 Å². The van der Waals surface area contributed by atoms with Gasteiger partial charge in [0, 0.05) is 25.6 Å². The first-order chi connectivity index (χ1) is 10.6. The van der Waals surface area contributed by atoms with Gasteiger partial charge < -0.3 is 20.3 Å².